The van der Waals surface area contributed by atoms with E-state index in [4.69, 9.17) is 18.9 Å². The Balaban J connectivity index is 1.33. The van der Waals surface area contributed by atoms with Crippen molar-refractivity contribution in [2.45, 2.75) is 106 Å². The molecular weight excluding hydrogens is 320 g/mol. The van der Waals surface area contributed by atoms with Gasteiger partial charge in [-0.15, -0.1) is 0 Å². The summed E-state index contributed by atoms with van der Waals surface area (Å²) in [5, 5.41) is 0. The number of carbonyl (C=O) groups excluding carboxylic acids is 1. The van der Waals surface area contributed by atoms with Crippen molar-refractivity contribution in [1.82, 2.24) is 0 Å². The Labute approximate surface area is 149 Å². The third-order valence-electron chi connectivity index (χ3n) is 7.47. The summed E-state index contributed by atoms with van der Waals surface area (Å²) in [6.45, 7) is 0. The first-order valence-corrected chi connectivity index (χ1v) is 10.2. The summed E-state index contributed by atoms with van der Waals surface area (Å²) < 4.78 is 24.5. The second-order valence-electron chi connectivity index (χ2n) is 9.02. The fourth-order valence-corrected chi connectivity index (χ4v) is 6.46. The zero-order valence-corrected chi connectivity index (χ0v) is 15.2. The Morgan fingerprint density at radius 2 is 1.92 bits per heavy atom. The summed E-state index contributed by atoms with van der Waals surface area (Å²) in [5.74, 6) is 0.382. The minimum absolute atomic E-state index is 0.0198. The van der Waals surface area contributed by atoms with Gasteiger partial charge in [0.25, 0.3) is 0 Å². The molecule has 0 N–H and O–H groups in total. The summed E-state index contributed by atoms with van der Waals surface area (Å²) in [4.78, 5) is 11.7. The number of carbonyl (C=O) groups is 1. The van der Waals surface area contributed by atoms with Crippen molar-refractivity contribution in [2.75, 3.05) is 7.11 Å². The zero-order valence-electron chi connectivity index (χ0n) is 15.2. The van der Waals surface area contributed by atoms with E-state index in [0.29, 0.717) is 12.3 Å². The first-order chi connectivity index (χ1) is 12.1. The van der Waals surface area contributed by atoms with Crippen LogP contribution >= 0.6 is 0 Å². The van der Waals surface area contributed by atoms with Crippen molar-refractivity contribution in [2.24, 2.45) is 5.92 Å². The molecule has 0 amide bonds. The van der Waals surface area contributed by atoms with Gasteiger partial charge in [-0.25, -0.2) is 0 Å². The summed E-state index contributed by atoms with van der Waals surface area (Å²) >= 11 is 0. The molecule has 5 heteroatoms. The molecule has 0 aromatic rings. The summed E-state index contributed by atoms with van der Waals surface area (Å²) in [6, 6.07) is 0. The van der Waals surface area contributed by atoms with Crippen LogP contribution in [0.3, 0.4) is 0 Å². The second kappa shape index (κ2) is 5.93. The number of esters is 1. The van der Waals surface area contributed by atoms with Gasteiger partial charge in [-0.05, 0) is 44.4 Å². The summed E-state index contributed by atoms with van der Waals surface area (Å²) in [5.41, 5.74) is -0.0695. The van der Waals surface area contributed by atoms with Crippen LogP contribution in [-0.2, 0) is 23.7 Å². The third-order valence-corrected chi connectivity index (χ3v) is 7.47. The third kappa shape index (κ3) is 2.65. The monoisotopic (exact) mass is 350 g/mol. The van der Waals surface area contributed by atoms with E-state index in [2.05, 4.69) is 0 Å². The lowest BCUT2D eigenvalue weighted by atomic mass is 9.70. The number of hydrogen-bond donors (Lipinski definition) is 0. The molecule has 2 bridgehead atoms. The molecule has 140 valence electrons. The van der Waals surface area contributed by atoms with E-state index in [1.165, 1.54) is 45.6 Å². The van der Waals surface area contributed by atoms with Gasteiger partial charge in [0.05, 0.1) is 49.1 Å². The van der Waals surface area contributed by atoms with Gasteiger partial charge in [0.1, 0.15) is 0 Å². The lowest BCUT2D eigenvalue weighted by Gasteiger charge is -2.44. The Bertz CT molecular complexity index is 542. The SMILES string of the molecule is COC(=O)C[C@H]1CC[C@@H]2O[C@@H]3CC2(C[C@H]2CC4(CCCCC4)O[C@H]23)O1. The van der Waals surface area contributed by atoms with E-state index in [9.17, 15) is 4.79 Å². The van der Waals surface area contributed by atoms with Gasteiger partial charge in [0.15, 0.2) is 0 Å². The molecule has 2 aliphatic carbocycles. The normalized spacial score (nSPS) is 47.3. The average Bonchev–Trinajstić information content (AvgIpc) is 3.11. The molecule has 5 aliphatic rings. The highest BCUT2D eigenvalue weighted by atomic mass is 16.6. The molecule has 3 saturated heterocycles. The van der Waals surface area contributed by atoms with Gasteiger partial charge in [0.2, 0.25) is 0 Å². The van der Waals surface area contributed by atoms with Crippen LogP contribution in [0.25, 0.3) is 0 Å². The van der Waals surface area contributed by atoms with Gasteiger partial charge < -0.3 is 18.9 Å². The highest BCUT2D eigenvalue weighted by Gasteiger charge is 2.64. The lowest BCUT2D eigenvalue weighted by Crippen LogP contribution is -2.52. The molecule has 5 nitrogen and oxygen atoms in total. The predicted octanol–water partition coefficient (Wildman–Crippen LogP) is 3.14. The van der Waals surface area contributed by atoms with Crippen molar-refractivity contribution >= 4 is 5.97 Å². The quantitative estimate of drug-likeness (QED) is 0.716. The van der Waals surface area contributed by atoms with Crippen molar-refractivity contribution < 1.29 is 23.7 Å². The van der Waals surface area contributed by atoms with Gasteiger partial charge in [-0.3, -0.25) is 4.79 Å². The molecule has 0 aromatic heterocycles. The molecule has 2 saturated carbocycles. The molecule has 0 aromatic carbocycles. The van der Waals surface area contributed by atoms with Gasteiger partial charge in [-0.2, -0.15) is 0 Å². The Kier molecular flexibility index (Phi) is 3.92. The van der Waals surface area contributed by atoms with Gasteiger partial charge in [-0.1, -0.05) is 19.3 Å². The Morgan fingerprint density at radius 3 is 2.72 bits per heavy atom. The maximum absolute atomic E-state index is 11.7. The van der Waals surface area contributed by atoms with Crippen molar-refractivity contribution in [3.05, 3.63) is 0 Å². The maximum atomic E-state index is 11.7. The van der Waals surface area contributed by atoms with Crippen LogP contribution < -0.4 is 0 Å². The maximum Gasteiger partial charge on any atom is 0.308 e. The number of methoxy groups -OCH3 is 1. The number of rotatable bonds is 2. The highest BCUT2D eigenvalue weighted by molar-refractivity contribution is 5.69. The van der Waals surface area contributed by atoms with E-state index in [0.717, 1.165) is 25.7 Å². The standard InChI is InChI=1S/C20H30O5/c1-22-17(21)9-14-5-6-16-20(24-14)11-13-10-19(7-3-2-4-8-19)25-18(13)15(12-20)23-16/h13-16,18H,2-12H2,1H3/t13-,14-,15-,16+,18-,20?/m1/s1. The fourth-order valence-electron chi connectivity index (χ4n) is 6.46. The first-order valence-electron chi connectivity index (χ1n) is 10.2. The van der Waals surface area contributed by atoms with E-state index >= 15 is 0 Å². The van der Waals surface area contributed by atoms with Crippen molar-refractivity contribution in [1.29, 1.82) is 0 Å². The van der Waals surface area contributed by atoms with Crippen LogP contribution in [0.4, 0.5) is 0 Å². The minimum atomic E-state index is -0.188. The second-order valence-corrected chi connectivity index (χ2v) is 9.02. The van der Waals surface area contributed by atoms with Crippen LogP contribution in [0.15, 0.2) is 0 Å². The fraction of sp³-hybridized carbons (Fsp3) is 0.950. The first kappa shape index (κ1) is 16.5. The molecule has 6 atom stereocenters. The largest absolute Gasteiger partial charge is 0.469 e. The van der Waals surface area contributed by atoms with Gasteiger partial charge >= 0.3 is 5.97 Å². The molecule has 1 unspecified atom stereocenters. The Hall–Kier alpha value is -0.650. The van der Waals surface area contributed by atoms with Crippen LogP contribution in [0.2, 0.25) is 0 Å². The molecular formula is C20H30O5. The van der Waals surface area contributed by atoms with Crippen LogP contribution in [0.1, 0.15) is 70.6 Å². The smallest absolute Gasteiger partial charge is 0.308 e. The molecule has 5 fully saturated rings. The van der Waals surface area contributed by atoms with Crippen molar-refractivity contribution in [3.8, 4) is 0 Å². The number of fused-ring (bicyclic) bond motifs is 3. The van der Waals surface area contributed by atoms with Crippen LogP contribution in [0, 0.1) is 5.92 Å². The van der Waals surface area contributed by atoms with E-state index in [-0.39, 0.29) is 41.6 Å². The number of hydrogen-bond acceptors (Lipinski definition) is 5. The van der Waals surface area contributed by atoms with E-state index in [1.807, 2.05) is 0 Å². The minimum Gasteiger partial charge on any atom is -0.469 e. The lowest BCUT2D eigenvalue weighted by molar-refractivity contribution is -0.178. The van der Waals surface area contributed by atoms with E-state index in [1.54, 1.807) is 0 Å². The molecule has 3 heterocycles. The topological polar surface area (TPSA) is 54.0 Å². The van der Waals surface area contributed by atoms with Crippen molar-refractivity contribution in [3.63, 3.8) is 0 Å². The predicted molar refractivity (Wildman–Crippen MR) is 90.2 cm³/mol. The highest BCUT2D eigenvalue weighted by Crippen LogP contribution is 2.58. The molecule has 3 aliphatic heterocycles. The summed E-state index contributed by atoms with van der Waals surface area (Å²) in [6.07, 6.45) is 12.4. The number of ether oxygens (including phenoxy) is 4. The Morgan fingerprint density at radius 1 is 1.08 bits per heavy atom. The molecule has 25 heavy (non-hydrogen) atoms. The van der Waals surface area contributed by atoms with Crippen LogP contribution in [-0.4, -0.2) is 48.7 Å². The molecule has 2 spiro atoms. The average molecular weight is 350 g/mol. The van der Waals surface area contributed by atoms with Crippen LogP contribution in [0.5, 0.6) is 0 Å². The zero-order chi connectivity index (χ0) is 17.1. The van der Waals surface area contributed by atoms with Gasteiger partial charge in [0, 0.05) is 6.42 Å². The van der Waals surface area contributed by atoms with E-state index < -0.39 is 0 Å². The molecule has 5 rings (SSSR count). The molecule has 0 radical (unpaired) electrons. The summed E-state index contributed by atoms with van der Waals surface area (Å²) in [7, 11) is 1.45.